The lowest BCUT2D eigenvalue weighted by molar-refractivity contribution is 0.0652. The highest BCUT2D eigenvalue weighted by atomic mass is 16.2. The molecule has 27 heavy (non-hydrogen) atoms. The lowest BCUT2D eigenvalue weighted by Crippen LogP contribution is -2.30. The minimum absolute atomic E-state index is 0.154. The van der Waals surface area contributed by atoms with Crippen LogP contribution < -0.4 is 5.32 Å². The molecule has 0 bridgehead atoms. The maximum Gasteiger partial charge on any atom is 0.261 e. The first-order valence-corrected chi connectivity index (χ1v) is 9.33. The van der Waals surface area contributed by atoms with Crippen LogP contribution >= 0.6 is 0 Å². The van der Waals surface area contributed by atoms with Gasteiger partial charge in [0.25, 0.3) is 17.7 Å². The average Bonchev–Trinajstić information content (AvgIpc) is 3.23. The Bertz CT molecular complexity index is 887. The molecule has 1 atom stereocenters. The summed E-state index contributed by atoms with van der Waals surface area (Å²) in [6, 6.07) is 6.52. The fourth-order valence-electron chi connectivity index (χ4n) is 3.08. The van der Waals surface area contributed by atoms with Crippen molar-refractivity contribution in [2.75, 3.05) is 11.9 Å². The first-order valence-electron chi connectivity index (χ1n) is 9.33. The van der Waals surface area contributed by atoms with Crippen LogP contribution in [0.25, 0.3) is 0 Å². The number of amides is 3. The molecule has 0 saturated heterocycles. The van der Waals surface area contributed by atoms with Gasteiger partial charge in [-0.25, -0.2) is 4.68 Å². The third-order valence-electron chi connectivity index (χ3n) is 4.89. The summed E-state index contributed by atoms with van der Waals surface area (Å²) >= 11 is 0. The molecule has 1 aliphatic rings. The van der Waals surface area contributed by atoms with Gasteiger partial charge in [0.05, 0.1) is 23.4 Å². The molecule has 1 aromatic carbocycles. The third-order valence-corrected chi connectivity index (χ3v) is 4.89. The van der Waals surface area contributed by atoms with Gasteiger partial charge in [-0.15, -0.1) is 0 Å². The summed E-state index contributed by atoms with van der Waals surface area (Å²) in [5.74, 6) is -0.357. The quantitative estimate of drug-likeness (QED) is 0.758. The second-order valence-corrected chi connectivity index (χ2v) is 6.75. The van der Waals surface area contributed by atoms with E-state index in [1.807, 2.05) is 20.8 Å². The van der Waals surface area contributed by atoms with Gasteiger partial charge in [0.15, 0.2) is 0 Å². The van der Waals surface area contributed by atoms with Crippen molar-refractivity contribution in [1.82, 2.24) is 14.7 Å². The molecule has 3 amide bonds. The summed E-state index contributed by atoms with van der Waals surface area (Å²) in [5.41, 5.74) is 0.987. The second-order valence-electron chi connectivity index (χ2n) is 6.75. The van der Waals surface area contributed by atoms with E-state index in [1.54, 1.807) is 29.1 Å². The molecule has 0 saturated carbocycles. The van der Waals surface area contributed by atoms with Crippen LogP contribution in [0.2, 0.25) is 0 Å². The third kappa shape index (κ3) is 3.49. The number of carbonyl (C=O) groups is 3. The van der Waals surface area contributed by atoms with Crippen LogP contribution in [0.5, 0.6) is 0 Å². The van der Waals surface area contributed by atoms with E-state index in [2.05, 4.69) is 10.4 Å². The number of unbranched alkanes of at least 4 members (excludes halogenated alkanes) is 1. The summed E-state index contributed by atoms with van der Waals surface area (Å²) in [5, 5.41) is 7.08. The second kappa shape index (κ2) is 7.73. The Hall–Kier alpha value is -2.96. The maximum absolute atomic E-state index is 12.7. The number of anilines is 1. The molecular weight excluding hydrogens is 344 g/mol. The van der Waals surface area contributed by atoms with Gasteiger partial charge in [-0.3, -0.25) is 19.3 Å². The largest absolute Gasteiger partial charge is 0.307 e. The van der Waals surface area contributed by atoms with Gasteiger partial charge in [0.1, 0.15) is 5.82 Å². The van der Waals surface area contributed by atoms with Gasteiger partial charge >= 0.3 is 0 Å². The van der Waals surface area contributed by atoms with Crippen LogP contribution in [-0.4, -0.2) is 38.9 Å². The Balaban J connectivity index is 1.82. The molecule has 1 aliphatic heterocycles. The molecule has 0 radical (unpaired) electrons. The van der Waals surface area contributed by atoms with E-state index in [0.29, 0.717) is 29.1 Å². The minimum atomic E-state index is -0.338. The molecular formula is C20H24N4O3. The van der Waals surface area contributed by atoms with Crippen LogP contribution in [0, 0.1) is 0 Å². The Labute approximate surface area is 158 Å². The van der Waals surface area contributed by atoms with E-state index < -0.39 is 0 Å². The van der Waals surface area contributed by atoms with Crippen LogP contribution in [0.1, 0.15) is 77.1 Å². The zero-order valence-corrected chi connectivity index (χ0v) is 15.9. The van der Waals surface area contributed by atoms with Crippen molar-refractivity contribution in [2.45, 2.75) is 46.1 Å². The van der Waals surface area contributed by atoms with Crippen LogP contribution in [0.15, 0.2) is 30.5 Å². The number of fused-ring (bicyclic) bond motifs is 1. The van der Waals surface area contributed by atoms with E-state index in [4.69, 9.17) is 0 Å². The first kappa shape index (κ1) is 18.8. The number of hydrogen-bond acceptors (Lipinski definition) is 4. The number of imide groups is 1. The van der Waals surface area contributed by atoms with Crippen molar-refractivity contribution in [3.05, 3.63) is 47.2 Å². The standard InChI is InChI=1S/C20H24N4O3/c1-4-6-11-23-19(26)15-8-7-14(12-16(15)20(23)27)18(25)22-17-9-10-21-24(17)13(3)5-2/h7-10,12-13H,4-6,11H2,1-3H3,(H,22,25). The van der Waals surface area contributed by atoms with Crippen molar-refractivity contribution in [2.24, 2.45) is 0 Å². The summed E-state index contributed by atoms with van der Waals surface area (Å²) in [4.78, 5) is 38.9. The van der Waals surface area contributed by atoms with Crippen LogP contribution in [0.3, 0.4) is 0 Å². The lowest BCUT2D eigenvalue weighted by atomic mass is 10.1. The Morgan fingerprint density at radius 3 is 2.59 bits per heavy atom. The molecule has 0 spiro atoms. The van der Waals surface area contributed by atoms with Gasteiger partial charge in [-0.2, -0.15) is 5.10 Å². The molecule has 7 heteroatoms. The average molecular weight is 368 g/mol. The van der Waals surface area contributed by atoms with Crippen molar-refractivity contribution in [1.29, 1.82) is 0 Å². The van der Waals surface area contributed by atoms with Crippen molar-refractivity contribution in [3.63, 3.8) is 0 Å². The highest BCUT2D eigenvalue weighted by Crippen LogP contribution is 2.25. The fourth-order valence-corrected chi connectivity index (χ4v) is 3.08. The Morgan fingerprint density at radius 2 is 1.89 bits per heavy atom. The fraction of sp³-hybridized carbons (Fsp3) is 0.400. The number of benzene rings is 1. The molecule has 142 valence electrons. The molecule has 1 aromatic heterocycles. The summed E-state index contributed by atoms with van der Waals surface area (Å²) in [6.45, 7) is 6.47. The van der Waals surface area contributed by atoms with E-state index >= 15 is 0 Å². The molecule has 0 aliphatic carbocycles. The molecule has 2 heterocycles. The number of carbonyl (C=O) groups excluding carboxylic acids is 3. The normalized spacial score (nSPS) is 14.4. The van der Waals surface area contributed by atoms with Gasteiger partial charge in [0, 0.05) is 18.2 Å². The molecule has 7 nitrogen and oxygen atoms in total. The van der Waals surface area contributed by atoms with Crippen LogP contribution in [-0.2, 0) is 0 Å². The number of nitrogens with zero attached hydrogens (tertiary/aromatic N) is 3. The highest BCUT2D eigenvalue weighted by molar-refractivity contribution is 6.22. The SMILES string of the molecule is CCCCN1C(=O)c2ccc(C(=O)Nc3ccnn3C(C)CC)cc2C1=O. The molecule has 3 rings (SSSR count). The predicted octanol–water partition coefficient (Wildman–Crippen LogP) is 3.50. The van der Waals surface area contributed by atoms with Gasteiger partial charge in [-0.05, 0) is 38.0 Å². The van der Waals surface area contributed by atoms with Crippen LogP contribution in [0.4, 0.5) is 5.82 Å². The molecule has 2 aromatic rings. The van der Waals surface area contributed by atoms with E-state index in [9.17, 15) is 14.4 Å². The summed E-state index contributed by atoms with van der Waals surface area (Å²) < 4.78 is 1.76. The number of hydrogen-bond donors (Lipinski definition) is 1. The van der Waals surface area contributed by atoms with Crippen molar-refractivity contribution >= 4 is 23.5 Å². The zero-order valence-electron chi connectivity index (χ0n) is 15.9. The van der Waals surface area contributed by atoms with E-state index in [0.717, 1.165) is 19.3 Å². The topological polar surface area (TPSA) is 84.3 Å². The summed E-state index contributed by atoms with van der Waals surface area (Å²) in [6.07, 6.45) is 4.18. The van der Waals surface area contributed by atoms with Crippen molar-refractivity contribution in [3.8, 4) is 0 Å². The highest BCUT2D eigenvalue weighted by Gasteiger charge is 2.35. The van der Waals surface area contributed by atoms with E-state index in [1.165, 1.54) is 11.0 Å². The number of nitrogens with one attached hydrogen (secondary N) is 1. The molecule has 1 N–H and O–H groups in total. The number of rotatable bonds is 7. The minimum Gasteiger partial charge on any atom is -0.307 e. The number of aromatic nitrogens is 2. The first-order chi connectivity index (χ1) is 13.0. The Morgan fingerprint density at radius 1 is 1.15 bits per heavy atom. The molecule has 0 fully saturated rings. The van der Waals surface area contributed by atoms with Gasteiger partial charge in [0.2, 0.25) is 0 Å². The van der Waals surface area contributed by atoms with Crippen molar-refractivity contribution < 1.29 is 14.4 Å². The monoisotopic (exact) mass is 368 g/mol. The summed E-state index contributed by atoms with van der Waals surface area (Å²) in [7, 11) is 0. The van der Waals surface area contributed by atoms with Gasteiger partial charge < -0.3 is 5.32 Å². The smallest absolute Gasteiger partial charge is 0.261 e. The lowest BCUT2D eigenvalue weighted by Gasteiger charge is -2.14. The molecule has 1 unspecified atom stereocenters. The van der Waals surface area contributed by atoms with Gasteiger partial charge in [-0.1, -0.05) is 20.3 Å². The Kier molecular flexibility index (Phi) is 5.39. The zero-order chi connectivity index (χ0) is 19.6. The van der Waals surface area contributed by atoms with E-state index in [-0.39, 0.29) is 23.8 Å². The predicted molar refractivity (Wildman–Crippen MR) is 102 cm³/mol. The maximum atomic E-state index is 12.7.